The van der Waals surface area contributed by atoms with E-state index in [0.717, 1.165) is 5.56 Å². The first-order chi connectivity index (χ1) is 12.2. The molecule has 1 aliphatic heterocycles. The molecule has 2 aliphatic carbocycles. The fourth-order valence-electron chi connectivity index (χ4n) is 4.09. The minimum absolute atomic E-state index is 0.0443. The van der Waals surface area contributed by atoms with Crippen LogP contribution in [0.5, 0.6) is 5.75 Å². The van der Waals surface area contributed by atoms with Crippen LogP contribution in [0.25, 0.3) is 0 Å². The number of benzene rings is 1. The number of carbonyl (C=O) groups is 1. The molecule has 4 rings (SSSR count). The van der Waals surface area contributed by atoms with Crippen molar-refractivity contribution in [3.8, 4) is 5.75 Å². The van der Waals surface area contributed by atoms with Crippen LogP contribution in [-0.2, 0) is 9.53 Å². The Morgan fingerprint density at radius 1 is 1.31 bits per heavy atom. The lowest BCUT2D eigenvalue weighted by molar-refractivity contribution is -0.126. The molecule has 1 aromatic carbocycles. The van der Waals surface area contributed by atoms with Gasteiger partial charge in [0.25, 0.3) is 5.92 Å². The van der Waals surface area contributed by atoms with Crippen LogP contribution in [0.4, 0.5) is 17.6 Å². The van der Waals surface area contributed by atoms with Gasteiger partial charge >= 0.3 is 6.61 Å². The Morgan fingerprint density at radius 3 is 2.54 bits per heavy atom. The van der Waals surface area contributed by atoms with Gasteiger partial charge in [-0.2, -0.15) is 8.78 Å². The van der Waals surface area contributed by atoms with E-state index in [2.05, 4.69) is 10.1 Å². The van der Waals surface area contributed by atoms with Crippen LogP contribution in [0.1, 0.15) is 37.7 Å². The fraction of sp³-hybridized carbons (Fsp3) is 0.611. The summed E-state index contributed by atoms with van der Waals surface area (Å²) in [7, 11) is 0. The lowest BCUT2D eigenvalue weighted by Gasteiger charge is -2.31. The smallest absolute Gasteiger partial charge is 0.387 e. The van der Waals surface area contributed by atoms with Gasteiger partial charge in [-0.15, -0.1) is 0 Å². The Labute approximate surface area is 147 Å². The quantitative estimate of drug-likeness (QED) is 0.804. The summed E-state index contributed by atoms with van der Waals surface area (Å²) in [5.74, 6) is -3.47. The van der Waals surface area contributed by atoms with Crippen LogP contribution in [0, 0.1) is 5.92 Å². The second kappa shape index (κ2) is 5.58. The third-order valence-corrected chi connectivity index (χ3v) is 5.84. The maximum Gasteiger partial charge on any atom is 0.387 e. The van der Waals surface area contributed by atoms with E-state index in [0.29, 0.717) is 12.8 Å². The fourth-order valence-corrected chi connectivity index (χ4v) is 4.09. The Balaban J connectivity index is 1.39. The molecule has 1 amide bonds. The van der Waals surface area contributed by atoms with Crippen molar-refractivity contribution in [1.29, 1.82) is 0 Å². The molecule has 1 aromatic rings. The van der Waals surface area contributed by atoms with Crippen LogP contribution >= 0.6 is 0 Å². The molecule has 2 unspecified atom stereocenters. The molecule has 1 saturated heterocycles. The molecular weight excluding hydrogens is 354 g/mol. The highest BCUT2D eigenvalue weighted by molar-refractivity contribution is 5.84. The topological polar surface area (TPSA) is 47.6 Å². The zero-order chi connectivity index (χ0) is 18.7. The number of carbonyl (C=O) groups excluding carboxylic acids is 1. The van der Waals surface area contributed by atoms with Gasteiger partial charge < -0.3 is 14.8 Å². The maximum absolute atomic E-state index is 13.8. The second-order valence-electron chi connectivity index (χ2n) is 7.52. The van der Waals surface area contributed by atoms with Crippen molar-refractivity contribution in [3.63, 3.8) is 0 Å². The molecule has 3 fully saturated rings. The number of hydrogen-bond acceptors (Lipinski definition) is 3. The highest BCUT2D eigenvalue weighted by atomic mass is 19.3. The molecule has 1 spiro atoms. The zero-order valence-electron chi connectivity index (χ0n) is 14.1. The Hall–Kier alpha value is -1.83. The molecule has 1 heterocycles. The van der Waals surface area contributed by atoms with Gasteiger partial charge in [0.15, 0.2) is 5.60 Å². The molecule has 8 heteroatoms. The summed E-state index contributed by atoms with van der Waals surface area (Å²) < 4.78 is 61.5. The SMILES string of the molecule is CC1(NC(=O)[C@@H]2C[C@H]2c2ccc(OC(F)F)cc2)CCOC12CC2(F)F. The first-order valence-corrected chi connectivity index (χ1v) is 8.56. The molecule has 2 saturated carbocycles. The van der Waals surface area contributed by atoms with Crippen LogP contribution in [-0.4, -0.2) is 36.2 Å². The van der Waals surface area contributed by atoms with E-state index in [1.165, 1.54) is 12.1 Å². The largest absolute Gasteiger partial charge is 0.435 e. The Morgan fingerprint density at radius 2 is 1.96 bits per heavy atom. The van der Waals surface area contributed by atoms with Crippen molar-refractivity contribution in [3.05, 3.63) is 29.8 Å². The monoisotopic (exact) mass is 373 g/mol. The number of rotatable bonds is 5. The first kappa shape index (κ1) is 17.6. The van der Waals surface area contributed by atoms with Crippen LogP contribution in [0.2, 0.25) is 0 Å². The molecular formula is C18H19F4NO3. The third-order valence-electron chi connectivity index (χ3n) is 5.84. The standard InChI is InChI=1S/C18H19F4NO3/c1-16(6-7-25-17(16)9-18(17,21)22)23-14(24)13-8-12(13)10-2-4-11(5-3-10)26-15(19)20/h2-5,12-13,15H,6-9H2,1H3,(H,23,24)/t12-,13+,16?,17?/m0/s1. The van der Waals surface area contributed by atoms with Gasteiger partial charge in [0.1, 0.15) is 5.75 Å². The van der Waals surface area contributed by atoms with Gasteiger partial charge in [-0.1, -0.05) is 12.1 Å². The van der Waals surface area contributed by atoms with E-state index in [9.17, 15) is 22.4 Å². The number of ether oxygens (including phenoxy) is 2. The van der Waals surface area contributed by atoms with Crippen molar-refractivity contribution < 1.29 is 31.8 Å². The van der Waals surface area contributed by atoms with Gasteiger partial charge in [-0.05, 0) is 43.4 Å². The maximum atomic E-state index is 13.8. The lowest BCUT2D eigenvalue weighted by atomic mass is 9.90. The van der Waals surface area contributed by atoms with Gasteiger partial charge in [0.2, 0.25) is 5.91 Å². The third kappa shape index (κ3) is 2.66. The highest BCUT2D eigenvalue weighted by Crippen LogP contribution is 2.64. The van der Waals surface area contributed by atoms with E-state index >= 15 is 0 Å². The molecule has 0 aromatic heterocycles. The van der Waals surface area contributed by atoms with Crippen LogP contribution in [0.15, 0.2) is 24.3 Å². The van der Waals surface area contributed by atoms with E-state index in [4.69, 9.17) is 4.74 Å². The van der Waals surface area contributed by atoms with Crippen molar-refractivity contribution in [2.24, 2.45) is 5.92 Å². The molecule has 4 atom stereocenters. The first-order valence-electron chi connectivity index (χ1n) is 8.56. The van der Waals surface area contributed by atoms with E-state index in [1.54, 1.807) is 19.1 Å². The summed E-state index contributed by atoms with van der Waals surface area (Å²) >= 11 is 0. The van der Waals surface area contributed by atoms with Crippen molar-refractivity contribution in [2.75, 3.05) is 6.61 Å². The number of alkyl halides is 4. The Kier molecular flexibility index (Phi) is 3.77. The summed E-state index contributed by atoms with van der Waals surface area (Å²) in [6.45, 7) is -1.07. The lowest BCUT2D eigenvalue weighted by Crippen LogP contribution is -2.56. The molecule has 1 N–H and O–H groups in total. The van der Waals surface area contributed by atoms with E-state index in [1.807, 2.05) is 0 Å². The van der Waals surface area contributed by atoms with Gasteiger partial charge in [-0.25, -0.2) is 8.78 Å². The summed E-state index contributed by atoms with van der Waals surface area (Å²) in [6.07, 6.45) is 0.586. The molecule has 3 aliphatic rings. The molecule has 26 heavy (non-hydrogen) atoms. The average Bonchev–Trinajstić information content (AvgIpc) is 3.41. The van der Waals surface area contributed by atoms with Gasteiger partial charge in [0, 0.05) is 5.92 Å². The summed E-state index contributed by atoms with van der Waals surface area (Å²) in [5.41, 5.74) is -1.81. The minimum atomic E-state index is -2.91. The molecule has 142 valence electrons. The minimum Gasteiger partial charge on any atom is -0.435 e. The van der Waals surface area contributed by atoms with E-state index in [-0.39, 0.29) is 36.5 Å². The van der Waals surface area contributed by atoms with Crippen molar-refractivity contribution >= 4 is 5.91 Å². The second-order valence-corrected chi connectivity index (χ2v) is 7.52. The van der Waals surface area contributed by atoms with E-state index < -0.39 is 23.7 Å². The predicted molar refractivity (Wildman–Crippen MR) is 83.3 cm³/mol. The van der Waals surface area contributed by atoms with Crippen molar-refractivity contribution in [2.45, 2.75) is 55.8 Å². The van der Waals surface area contributed by atoms with Gasteiger partial charge in [0.05, 0.1) is 18.6 Å². The number of amides is 1. The van der Waals surface area contributed by atoms with Gasteiger partial charge in [-0.3, -0.25) is 4.79 Å². The van der Waals surface area contributed by atoms with Crippen molar-refractivity contribution in [1.82, 2.24) is 5.32 Å². The molecule has 0 bridgehead atoms. The number of hydrogen-bond donors (Lipinski definition) is 1. The Bertz CT molecular complexity index is 722. The number of nitrogens with one attached hydrogen (secondary N) is 1. The average molecular weight is 373 g/mol. The molecule has 4 nitrogen and oxygen atoms in total. The summed E-state index contributed by atoms with van der Waals surface area (Å²) in [5, 5.41) is 2.80. The summed E-state index contributed by atoms with van der Waals surface area (Å²) in [4.78, 5) is 12.6. The predicted octanol–water partition coefficient (Wildman–Crippen LogP) is 3.46. The summed E-state index contributed by atoms with van der Waals surface area (Å²) in [6, 6.07) is 6.15. The van der Waals surface area contributed by atoms with Crippen LogP contribution in [0.3, 0.4) is 0 Å². The van der Waals surface area contributed by atoms with Crippen LogP contribution < -0.4 is 10.1 Å². The normalized spacial score (nSPS) is 37.0. The highest BCUT2D eigenvalue weighted by Gasteiger charge is 2.82. The number of halogens is 4. The zero-order valence-corrected chi connectivity index (χ0v) is 14.1. The molecule has 0 radical (unpaired) electrons.